The van der Waals surface area contributed by atoms with E-state index in [0.29, 0.717) is 12.6 Å². The zero-order chi connectivity index (χ0) is 16.0. The molecular weight excluding hydrogens is 296 g/mol. The zero-order valence-electron chi connectivity index (χ0n) is 13.8. The molecule has 2 heterocycles. The third-order valence-electron chi connectivity index (χ3n) is 4.12. The lowest BCUT2D eigenvalue weighted by atomic mass is 10.1. The molecule has 2 rings (SSSR count). The van der Waals surface area contributed by atoms with Crippen LogP contribution in [-0.2, 0) is 5.60 Å². The Labute approximate surface area is 137 Å². The Morgan fingerprint density at radius 3 is 2.95 bits per heavy atom. The van der Waals surface area contributed by atoms with E-state index in [1.165, 1.54) is 19.4 Å². The van der Waals surface area contributed by atoms with Crippen LogP contribution >= 0.6 is 11.3 Å². The second kappa shape index (κ2) is 7.94. The molecule has 0 spiro atoms. The van der Waals surface area contributed by atoms with Crippen LogP contribution in [0.5, 0.6) is 0 Å². The summed E-state index contributed by atoms with van der Waals surface area (Å²) in [4.78, 5) is 7.89. The van der Waals surface area contributed by atoms with Gasteiger partial charge in [0.05, 0.1) is 6.54 Å². The summed E-state index contributed by atoms with van der Waals surface area (Å²) in [6.45, 7) is 7.10. The van der Waals surface area contributed by atoms with Crippen LogP contribution in [0.4, 0.5) is 0 Å². The van der Waals surface area contributed by atoms with Crippen molar-refractivity contribution in [2.24, 2.45) is 4.99 Å². The lowest BCUT2D eigenvalue weighted by Gasteiger charge is -2.23. The highest BCUT2D eigenvalue weighted by Gasteiger charge is 2.24. The number of likely N-dealkylation sites (N-methyl/N-ethyl adjacent to an activating group) is 1. The number of rotatable bonds is 6. The summed E-state index contributed by atoms with van der Waals surface area (Å²) in [6.07, 6.45) is 2.50. The average Bonchev–Trinajstić information content (AvgIpc) is 3.14. The molecule has 0 saturated carbocycles. The number of nitrogens with one attached hydrogen (secondary N) is 2. The number of hydrogen-bond acceptors (Lipinski definition) is 4. The molecule has 0 aromatic carbocycles. The maximum Gasteiger partial charge on any atom is 0.191 e. The minimum atomic E-state index is -0.916. The number of aliphatic imine (C=N–C) groups is 1. The molecule has 5 nitrogen and oxygen atoms in total. The van der Waals surface area contributed by atoms with Crippen molar-refractivity contribution >= 4 is 17.3 Å². The van der Waals surface area contributed by atoms with Crippen molar-refractivity contribution in [2.75, 3.05) is 33.2 Å². The van der Waals surface area contributed by atoms with Gasteiger partial charge in [-0.15, -0.1) is 11.3 Å². The molecule has 1 aromatic rings. The first-order valence-corrected chi connectivity index (χ1v) is 8.89. The smallest absolute Gasteiger partial charge is 0.191 e. The number of likely N-dealkylation sites (tertiary alicyclic amines) is 1. The molecule has 1 aliphatic heterocycles. The van der Waals surface area contributed by atoms with Gasteiger partial charge in [-0.25, -0.2) is 4.99 Å². The molecule has 2 unspecified atom stereocenters. The Morgan fingerprint density at radius 2 is 2.36 bits per heavy atom. The van der Waals surface area contributed by atoms with Crippen LogP contribution < -0.4 is 10.6 Å². The molecule has 1 saturated heterocycles. The van der Waals surface area contributed by atoms with Gasteiger partial charge in [0.2, 0.25) is 0 Å². The number of thiophene rings is 1. The molecule has 0 amide bonds. The lowest BCUT2D eigenvalue weighted by Crippen LogP contribution is -2.44. The highest BCUT2D eigenvalue weighted by atomic mass is 32.1. The van der Waals surface area contributed by atoms with Gasteiger partial charge in [0, 0.05) is 24.0 Å². The standard InChI is InChI=1S/C16H28N4OS/c1-4-17-15(18-11-13-7-5-9-20(13)3)19-12-16(2,21)14-8-6-10-22-14/h6,8,10,13,21H,4-5,7,9,11-12H2,1-3H3,(H2,17,18,19). The van der Waals surface area contributed by atoms with Crippen LogP contribution in [0.15, 0.2) is 22.5 Å². The first-order valence-electron chi connectivity index (χ1n) is 8.01. The van der Waals surface area contributed by atoms with Gasteiger partial charge >= 0.3 is 0 Å². The van der Waals surface area contributed by atoms with Crippen molar-refractivity contribution in [3.05, 3.63) is 22.4 Å². The van der Waals surface area contributed by atoms with Crippen molar-refractivity contribution in [3.8, 4) is 0 Å². The van der Waals surface area contributed by atoms with Crippen molar-refractivity contribution in [1.82, 2.24) is 15.5 Å². The quantitative estimate of drug-likeness (QED) is 0.549. The molecule has 0 aliphatic carbocycles. The number of hydrogen-bond donors (Lipinski definition) is 3. The third-order valence-corrected chi connectivity index (χ3v) is 5.24. The first-order chi connectivity index (χ1) is 10.5. The van der Waals surface area contributed by atoms with Gasteiger partial charge in [-0.05, 0) is 51.7 Å². The third kappa shape index (κ3) is 4.69. The van der Waals surface area contributed by atoms with Crippen molar-refractivity contribution in [1.29, 1.82) is 0 Å². The molecule has 3 N–H and O–H groups in total. The second-order valence-corrected chi connectivity index (χ2v) is 7.05. The van der Waals surface area contributed by atoms with E-state index in [2.05, 4.69) is 34.5 Å². The van der Waals surface area contributed by atoms with Gasteiger partial charge in [0.1, 0.15) is 5.60 Å². The van der Waals surface area contributed by atoms with E-state index in [4.69, 9.17) is 0 Å². The van der Waals surface area contributed by atoms with Crippen LogP contribution in [0, 0.1) is 0 Å². The fourth-order valence-corrected chi connectivity index (χ4v) is 3.47. The molecule has 22 heavy (non-hydrogen) atoms. The molecule has 1 aromatic heterocycles. The van der Waals surface area contributed by atoms with E-state index in [1.54, 1.807) is 11.3 Å². The van der Waals surface area contributed by atoms with E-state index in [1.807, 2.05) is 24.4 Å². The molecule has 1 aliphatic rings. The van der Waals surface area contributed by atoms with Gasteiger partial charge < -0.3 is 20.6 Å². The summed E-state index contributed by atoms with van der Waals surface area (Å²) in [7, 11) is 2.17. The van der Waals surface area contributed by atoms with E-state index in [-0.39, 0.29) is 0 Å². The summed E-state index contributed by atoms with van der Waals surface area (Å²) in [6, 6.07) is 4.48. The highest BCUT2D eigenvalue weighted by molar-refractivity contribution is 7.10. The van der Waals surface area contributed by atoms with Gasteiger partial charge in [0.25, 0.3) is 0 Å². The fourth-order valence-electron chi connectivity index (χ4n) is 2.69. The normalized spacial score (nSPS) is 22.5. The Morgan fingerprint density at radius 1 is 1.55 bits per heavy atom. The maximum absolute atomic E-state index is 10.6. The van der Waals surface area contributed by atoms with E-state index in [9.17, 15) is 5.11 Å². The van der Waals surface area contributed by atoms with Gasteiger partial charge in [-0.3, -0.25) is 0 Å². The Hall–Kier alpha value is -1.11. The van der Waals surface area contributed by atoms with E-state index in [0.717, 1.165) is 23.9 Å². The molecule has 124 valence electrons. The molecule has 0 radical (unpaired) electrons. The predicted molar refractivity (Wildman–Crippen MR) is 93.5 cm³/mol. The summed E-state index contributed by atoms with van der Waals surface area (Å²) in [5, 5.41) is 19.2. The zero-order valence-corrected chi connectivity index (χ0v) is 14.6. The molecular formula is C16H28N4OS. The molecule has 6 heteroatoms. The average molecular weight is 324 g/mol. The van der Waals surface area contributed by atoms with E-state index < -0.39 is 5.60 Å². The van der Waals surface area contributed by atoms with Crippen molar-refractivity contribution < 1.29 is 5.11 Å². The maximum atomic E-state index is 10.6. The number of guanidine groups is 1. The Kier molecular flexibility index (Phi) is 6.23. The Bertz CT molecular complexity index is 473. The lowest BCUT2D eigenvalue weighted by molar-refractivity contribution is 0.0711. The minimum absolute atomic E-state index is 0.351. The first kappa shape index (κ1) is 17.2. The minimum Gasteiger partial charge on any atom is -0.383 e. The monoisotopic (exact) mass is 324 g/mol. The summed E-state index contributed by atoms with van der Waals surface area (Å²) in [5.41, 5.74) is -0.916. The SMILES string of the molecule is CCNC(=NCC(C)(O)c1cccs1)NCC1CCCN1C. The van der Waals surface area contributed by atoms with Crippen LogP contribution in [-0.4, -0.2) is 55.2 Å². The van der Waals surface area contributed by atoms with Crippen molar-refractivity contribution in [3.63, 3.8) is 0 Å². The van der Waals surface area contributed by atoms with Gasteiger partial charge in [0.15, 0.2) is 5.96 Å². The van der Waals surface area contributed by atoms with Crippen LogP contribution in [0.25, 0.3) is 0 Å². The van der Waals surface area contributed by atoms with Gasteiger partial charge in [-0.2, -0.15) is 0 Å². The highest BCUT2D eigenvalue weighted by Crippen LogP contribution is 2.25. The van der Waals surface area contributed by atoms with Crippen molar-refractivity contribution in [2.45, 2.75) is 38.3 Å². The summed E-state index contributed by atoms with van der Waals surface area (Å²) < 4.78 is 0. The fraction of sp³-hybridized carbons (Fsp3) is 0.688. The predicted octanol–water partition coefficient (Wildman–Crippen LogP) is 1.60. The second-order valence-electron chi connectivity index (χ2n) is 6.10. The van der Waals surface area contributed by atoms with Crippen LogP contribution in [0.1, 0.15) is 31.6 Å². The number of aliphatic hydroxyl groups is 1. The number of nitrogens with zero attached hydrogens (tertiary/aromatic N) is 2. The van der Waals surface area contributed by atoms with Gasteiger partial charge in [-0.1, -0.05) is 6.07 Å². The van der Waals surface area contributed by atoms with Crippen LogP contribution in [0.3, 0.4) is 0 Å². The summed E-state index contributed by atoms with van der Waals surface area (Å²) >= 11 is 1.56. The molecule has 0 bridgehead atoms. The largest absolute Gasteiger partial charge is 0.383 e. The van der Waals surface area contributed by atoms with E-state index >= 15 is 0 Å². The topological polar surface area (TPSA) is 59.9 Å². The summed E-state index contributed by atoms with van der Waals surface area (Å²) in [5.74, 6) is 0.777. The molecule has 1 fully saturated rings. The Balaban J connectivity index is 1.91. The van der Waals surface area contributed by atoms with Crippen LogP contribution in [0.2, 0.25) is 0 Å². The molecule has 2 atom stereocenters.